The third-order valence-corrected chi connectivity index (χ3v) is 11.3. The van der Waals surface area contributed by atoms with Gasteiger partial charge in [0, 0.05) is 21.7 Å². The number of aromatic nitrogens is 2. The van der Waals surface area contributed by atoms with Crippen molar-refractivity contribution in [1.82, 2.24) is 15.1 Å². The number of anilines is 1. The topological polar surface area (TPSA) is 110 Å². The van der Waals surface area contributed by atoms with E-state index in [1.807, 2.05) is 0 Å². The second kappa shape index (κ2) is 9.93. The van der Waals surface area contributed by atoms with E-state index >= 15 is 0 Å². The number of hydrogen-bond acceptors (Lipinski definition) is 5. The zero-order valence-corrected chi connectivity index (χ0v) is 25.0. The summed E-state index contributed by atoms with van der Waals surface area (Å²) >= 11 is 19.1. The third-order valence-electron chi connectivity index (χ3n) is 9.04. The molecule has 5 aliphatic rings. The zero-order valence-electron chi connectivity index (χ0n) is 21.9. The Bertz CT molecular complexity index is 1670. The van der Waals surface area contributed by atoms with Crippen molar-refractivity contribution in [2.45, 2.75) is 38.1 Å². The minimum Gasteiger partial charge on any atom is -0.379 e. The van der Waals surface area contributed by atoms with E-state index in [0.29, 0.717) is 55.2 Å². The Morgan fingerprint density at radius 2 is 1.59 bits per heavy atom. The van der Waals surface area contributed by atoms with Crippen LogP contribution in [0.3, 0.4) is 0 Å². The van der Waals surface area contributed by atoms with E-state index in [1.54, 1.807) is 47.1 Å². The number of primary amides is 1. The maximum atomic E-state index is 13.8. The highest BCUT2D eigenvalue weighted by molar-refractivity contribution is 7.96. The Hall–Kier alpha value is -2.72. The van der Waals surface area contributed by atoms with Gasteiger partial charge < -0.3 is 11.1 Å². The van der Waals surface area contributed by atoms with Crippen LogP contribution in [0.2, 0.25) is 15.1 Å². The Kier molecular flexibility index (Phi) is 6.57. The first-order chi connectivity index (χ1) is 19.6. The van der Waals surface area contributed by atoms with Crippen molar-refractivity contribution >= 4 is 62.1 Å². The number of benzene rings is 2. The molecule has 1 aromatic heterocycles. The second-order valence-corrected chi connectivity index (χ2v) is 14.7. The standard InChI is InChI=1S/C29H28Cl3N5O3S/c30-20-3-1-17(2-4-20)28-29-27(35-37(28)24-6-5-21(31)12-22(24)32)23(14-41(39,40)36(29)13-25(33)38)34-26-18-8-15-7-16(10-18)11-19(26)9-15/h1-6,12,14-16,18-19,26,34H,7-11,13H2,(H2,33,38). The van der Waals surface area contributed by atoms with E-state index in [0.717, 1.165) is 41.8 Å². The summed E-state index contributed by atoms with van der Waals surface area (Å²) in [5.74, 6) is 1.73. The van der Waals surface area contributed by atoms with Gasteiger partial charge in [0.1, 0.15) is 17.9 Å². The molecule has 2 aromatic carbocycles. The third kappa shape index (κ3) is 4.71. The lowest BCUT2D eigenvalue weighted by Gasteiger charge is -2.54. The van der Waals surface area contributed by atoms with Crippen LogP contribution in [-0.2, 0) is 14.8 Å². The van der Waals surface area contributed by atoms with E-state index in [9.17, 15) is 13.2 Å². The summed E-state index contributed by atoms with van der Waals surface area (Å²) in [4.78, 5) is 12.2. The summed E-state index contributed by atoms with van der Waals surface area (Å²) in [5, 5.41) is 11.1. The lowest BCUT2D eigenvalue weighted by Crippen LogP contribution is -2.54. The smallest absolute Gasteiger partial charge is 0.260 e. The Labute approximate surface area is 253 Å². The SMILES string of the molecule is NC(=O)CN1c2c(nn(-c3ccc(Cl)cc3Cl)c2-c2ccc(Cl)cc2)C(NC2C3CC4CC(C3)CC2C4)=CS1(=O)=O. The molecule has 3 N–H and O–H groups in total. The van der Waals surface area contributed by atoms with Crippen LogP contribution >= 0.6 is 34.8 Å². The molecular weight excluding hydrogens is 605 g/mol. The number of amides is 1. The van der Waals surface area contributed by atoms with Crippen molar-refractivity contribution in [1.29, 1.82) is 0 Å². The van der Waals surface area contributed by atoms with Crippen LogP contribution in [0.4, 0.5) is 5.69 Å². The summed E-state index contributed by atoms with van der Waals surface area (Å²) in [6.07, 6.45) is 5.97. The van der Waals surface area contributed by atoms with Crippen LogP contribution in [0.5, 0.6) is 0 Å². The zero-order chi connectivity index (χ0) is 28.6. The number of rotatable bonds is 6. The minimum atomic E-state index is -4.11. The molecule has 0 unspecified atom stereocenters. The van der Waals surface area contributed by atoms with E-state index in [-0.39, 0.29) is 11.7 Å². The molecule has 214 valence electrons. The molecule has 3 aromatic rings. The summed E-state index contributed by atoms with van der Waals surface area (Å²) < 4.78 is 30.3. The van der Waals surface area contributed by atoms with Crippen LogP contribution in [0.25, 0.3) is 22.6 Å². The van der Waals surface area contributed by atoms with Gasteiger partial charge >= 0.3 is 0 Å². The van der Waals surface area contributed by atoms with Gasteiger partial charge in [0.15, 0.2) is 0 Å². The van der Waals surface area contributed by atoms with Crippen molar-refractivity contribution in [3.63, 3.8) is 0 Å². The molecule has 2 heterocycles. The lowest BCUT2D eigenvalue weighted by molar-refractivity contribution is -0.116. The number of halogens is 3. The fourth-order valence-electron chi connectivity index (χ4n) is 7.67. The molecule has 41 heavy (non-hydrogen) atoms. The maximum absolute atomic E-state index is 13.8. The predicted octanol–water partition coefficient (Wildman–Crippen LogP) is 5.85. The quantitative estimate of drug-likeness (QED) is 0.355. The Balaban J connectivity index is 1.44. The number of fused-ring (bicyclic) bond motifs is 1. The molecule has 12 heteroatoms. The van der Waals surface area contributed by atoms with Crippen LogP contribution in [0.1, 0.15) is 37.8 Å². The number of carbonyl (C=O) groups is 1. The Morgan fingerprint density at radius 1 is 0.951 bits per heavy atom. The van der Waals surface area contributed by atoms with Gasteiger partial charge in [0.25, 0.3) is 10.0 Å². The van der Waals surface area contributed by atoms with Crippen molar-refractivity contribution in [2.75, 3.05) is 10.8 Å². The number of sulfonamides is 1. The summed E-state index contributed by atoms with van der Waals surface area (Å²) in [6.45, 7) is -0.544. The highest BCUT2D eigenvalue weighted by Gasteiger charge is 2.49. The number of carbonyl (C=O) groups excluding carboxylic acids is 1. The van der Waals surface area contributed by atoms with Gasteiger partial charge in [-0.15, -0.1) is 0 Å². The highest BCUT2D eigenvalue weighted by Crippen LogP contribution is 2.54. The molecule has 4 bridgehead atoms. The molecule has 0 saturated heterocycles. The molecule has 0 radical (unpaired) electrons. The highest BCUT2D eigenvalue weighted by atomic mass is 35.5. The predicted molar refractivity (Wildman–Crippen MR) is 161 cm³/mol. The first-order valence-corrected chi connectivity index (χ1v) is 16.3. The van der Waals surface area contributed by atoms with E-state index in [1.165, 1.54) is 11.8 Å². The van der Waals surface area contributed by atoms with Crippen LogP contribution in [-0.4, -0.2) is 36.7 Å². The molecule has 0 atom stereocenters. The van der Waals surface area contributed by atoms with E-state index in [4.69, 9.17) is 45.6 Å². The second-order valence-electron chi connectivity index (χ2n) is 11.7. The lowest BCUT2D eigenvalue weighted by atomic mass is 9.54. The van der Waals surface area contributed by atoms with Crippen molar-refractivity contribution in [3.8, 4) is 16.9 Å². The summed E-state index contributed by atoms with van der Waals surface area (Å²) in [7, 11) is -4.11. The van der Waals surface area contributed by atoms with Gasteiger partial charge in [0.2, 0.25) is 5.91 Å². The number of nitrogens with zero attached hydrogens (tertiary/aromatic N) is 3. The molecule has 4 fully saturated rings. The molecule has 1 aliphatic heterocycles. The van der Waals surface area contributed by atoms with Gasteiger partial charge in [0.05, 0.1) is 27.5 Å². The number of hydrogen-bond donors (Lipinski definition) is 2. The van der Waals surface area contributed by atoms with Gasteiger partial charge in [-0.3, -0.25) is 9.10 Å². The fourth-order valence-corrected chi connectivity index (χ4v) is 9.62. The number of nitrogens with two attached hydrogens (primary N) is 1. The van der Waals surface area contributed by atoms with E-state index < -0.39 is 22.5 Å². The molecule has 1 amide bonds. The van der Waals surface area contributed by atoms with Gasteiger partial charge in [-0.2, -0.15) is 5.10 Å². The van der Waals surface area contributed by atoms with Crippen molar-refractivity contribution in [3.05, 3.63) is 68.6 Å². The summed E-state index contributed by atoms with van der Waals surface area (Å²) in [5.41, 5.74) is 8.22. The van der Waals surface area contributed by atoms with Crippen LogP contribution < -0.4 is 15.4 Å². The molecule has 8 rings (SSSR count). The fraction of sp³-hybridized carbons (Fsp3) is 0.379. The van der Waals surface area contributed by atoms with E-state index in [2.05, 4.69) is 5.32 Å². The van der Waals surface area contributed by atoms with Crippen LogP contribution in [0, 0.1) is 23.7 Å². The average molecular weight is 633 g/mol. The van der Waals surface area contributed by atoms with Gasteiger partial charge in [-0.05, 0) is 86.1 Å². The largest absolute Gasteiger partial charge is 0.379 e. The van der Waals surface area contributed by atoms with Crippen molar-refractivity contribution < 1.29 is 13.2 Å². The number of nitrogens with one attached hydrogen (secondary N) is 1. The first-order valence-electron chi connectivity index (χ1n) is 13.7. The maximum Gasteiger partial charge on any atom is 0.260 e. The normalized spacial score (nSPS) is 27.4. The summed E-state index contributed by atoms with van der Waals surface area (Å²) in [6, 6.07) is 12.2. The monoisotopic (exact) mass is 631 g/mol. The Morgan fingerprint density at radius 3 is 2.20 bits per heavy atom. The first kappa shape index (κ1) is 27.1. The molecular formula is C29H28Cl3N5O3S. The molecule has 0 spiro atoms. The van der Waals surface area contributed by atoms with Gasteiger partial charge in [-0.1, -0.05) is 46.9 Å². The molecule has 4 aliphatic carbocycles. The van der Waals surface area contributed by atoms with Crippen molar-refractivity contribution in [2.24, 2.45) is 29.4 Å². The molecule has 4 saturated carbocycles. The minimum absolute atomic E-state index is 0.156. The van der Waals surface area contributed by atoms with Crippen LogP contribution in [0.15, 0.2) is 47.9 Å². The van der Waals surface area contributed by atoms with Gasteiger partial charge in [-0.25, -0.2) is 13.1 Å². The average Bonchev–Trinajstić information content (AvgIpc) is 3.28. The molecule has 8 nitrogen and oxygen atoms in total.